The van der Waals surface area contributed by atoms with E-state index >= 15 is 0 Å². The van der Waals surface area contributed by atoms with Crippen LogP contribution in [0.4, 0.5) is 5.69 Å². The third-order valence-corrected chi connectivity index (χ3v) is 6.87. The van der Waals surface area contributed by atoms with Crippen LogP contribution >= 0.6 is 0 Å². The van der Waals surface area contributed by atoms with Gasteiger partial charge in [-0.2, -0.15) is 5.21 Å². The van der Waals surface area contributed by atoms with Crippen LogP contribution in [0.15, 0.2) is 72.9 Å². The highest BCUT2D eigenvalue weighted by Gasteiger charge is 2.13. The minimum Gasteiger partial charge on any atom is -0.493 e. The summed E-state index contributed by atoms with van der Waals surface area (Å²) in [5.41, 5.74) is 7.44. The molecule has 0 bridgehead atoms. The van der Waals surface area contributed by atoms with Crippen molar-refractivity contribution in [1.82, 2.24) is 25.6 Å². The number of tetrazole rings is 1. The lowest BCUT2D eigenvalue weighted by molar-refractivity contribution is 0.306. The number of benzene rings is 3. The molecule has 0 fully saturated rings. The second kappa shape index (κ2) is 12.9. The van der Waals surface area contributed by atoms with Crippen molar-refractivity contribution in [2.24, 2.45) is 0 Å². The van der Waals surface area contributed by atoms with Crippen LogP contribution in [-0.4, -0.2) is 38.8 Å². The molecule has 2 heterocycles. The van der Waals surface area contributed by atoms with Gasteiger partial charge in [-0.3, -0.25) is 0 Å². The van der Waals surface area contributed by atoms with E-state index in [1.165, 1.54) is 33.2 Å². The number of aryl methyl sites for hydroxylation is 3. The van der Waals surface area contributed by atoms with E-state index in [0.29, 0.717) is 0 Å². The molecule has 0 amide bonds. The maximum atomic E-state index is 6.28. The second-order valence-electron chi connectivity index (χ2n) is 9.64. The molecule has 38 heavy (non-hydrogen) atoms. The Morgan fingerprint density at radius 1 is 0.868 bits per heavy atom. The summed E-state index contributed by atoms with van der Waals surface area (Å²) in [6.07, 6.45) is 9.12. The van der Waals surface area contributed by atoms with Crippen LogP contribution in [-0.2, 0) is 19.3 Å². The Balaban J connectivity index is 1.07. The van der Waals surface area contributed by atoms with E-state index in [2.05, 4.69) is 111 Å². The Morgan fingerprint density at radius 2 is 1.74 bits per heavy atom. The summed E-state index contributed by atoms with van der Waals surface area (Å²) >= 11 is 0. The van der Waals surface area contributed by atoms with Gasteiger partial charge in [-0.15, -0.1) is 10.2 Å². The lowest BCUT2D eigenvalue weighted by Gasteiger charge is -2.13. The summed E-state index contributed by atoms with van der Waals surface area (Å²) in [6, 6.07) is 23.6. The van der Waals surface area contributed by atoms with Gasteiger partial charge in [-0.1, -0.05) is 61.0 Å². The second-order valence-corrected chi connectivity index (χ2v) is 9.64. The molecule has 0 spiro atoms. The van der Waals surface area contributed by atoms with Crippen LogP contribution in [0, 0.1) is 0 Å². The van der Waals surface area contributed by atoms with E-state index in [9.17, 15) is 0 Å². The summed E-state index contributed by atoms with van der Waals surface area (Å²) in [5, 5.41) is 18.9. The minimum atomic E-state index is 0.718. The van der Waals surface area contributed by atoms with E-state index in [1.54, 1.807) is 0 Å². The zero-order valence-electron chi connectivity index (χ0n) is 22.0. The number of hydrogen-bond donors (Lipinski definition) is 3. The molecular weight excluding hydrogens is 472 g/mol. The Hall–Kier alpha value is -4.13. The molecule has 7 nitrogen and oxygen atoms in total. The molecule has 0 saturated carbocycles. The summed E-state index contributed by atoms with van der Waals surface area (Å²) in [7, 11) is 0. The van der Waals surface area contributed by atoms with Crippen molar-refractivity contribution in [3.05, 3.63) is 89.9 Å². The first kappa shape index (κ1) is 25.5. The average Bonchev–Trinajstić information content (AvgIpc) is 3.63. The zero-order chi connectivity index (χ0) is 26.0. The number of aromatic amines is 2. The number of hydrogen-bond acceptors (Lipinski definition) is 5. The summed E-state index contributed by atoms with van der Waals surface area (Å²) in [6.45, 7) is 3.87. The van der Waals surface area contributed by atoms with Crippen molar-refractivity contribution in [2.75, 3.05) is 18.5 Å². The van der Waals surface area contributed by atoms with Crippen molar-refractivity contribution in [3.8, 4) is 16.9 Å². The topological polar surface area (TPSA) is 91.5 Å². The Morgan fingerprint density at radius 3 is 2.53 bits per heavy atom. The standard InChI is InChI=1S/C31H36N6O/c1-2-9-27-29(19-18-26-28(22-33-31(26)27)24-11-4-3-5-12-24)38-21-7-6-20-32-25-16-14-23(15-17-25)10-8-13-30-34-36-37-35-30/h3-5,11-12,14-19,22,32-33H,2,6-10,13,20-21H2,1H3,(H,34,35,36,37). The number of unbranched alkanes of at least 4 members (excludes halogenated alkanes) is 1. The lowest BCUT2D eigenvalue weighted by atomic mass is 10.0. The van der Waals surface area contributed by atoms with Gasteiger partial charge in [0.15, 0.2) is 5.82 Å². The molecule has 0 radical (unpaired) electrons. The first-order valence-electron chi connectivity index (χ1n) is 13.7. The van der Waals surface area contributed by atoms with Gasteiger partial charge in [0.25, 0.3) is 0 Å². The highest BCUT2D eigenvalue weighted by atomic mass is 16.5. The van der Waals surface area contributed by atoms with Crippen molar-refractivity contribution < 1.29 is 4.74 Å². The smallest absolute Gasteiger partial charge is 0.174 e. The highest BCUT2D eigenvalue weighted by molar-refractivity contribution is 5.98. The zero-order valence-corrected chi connectivity index (χ0v) is 22.0. The van der Waals surface area contributed by atoms with Crippen molar-refractivity contribution in [2.45, 2.75) is 51.9 Å². The number of ether oxygens (including phenoxy) is 1. The minimum absolute atomic E-state index is 0.718. The van der Waals surface area contributed by atoms with Gasteiger partial charge < -0.3 is 15.0 Å². The molecule has 3 N–H and O–H groups in total. The molecular formula is C31H36N6O. The maximum absolute atomic E-state index is 6.28. The van der Waals surface area contributed by atoms with E-state index < -0.39 is 0 Å². The number of aromatic nitrogens is 5. The van der Waals surface area contributed by atoms with Gasteiger partial charge in [0.2, 0.25) is 0 Å². The number of nitrogens with zero attached hydrogens (tertiary/aromatic N) is 3. The molecule has 196 valence electrons. The normalized spacial score (nSPS) is 11.2. The highest BCUT2D eigenvalue weighted by Crippen LogP contribution is 2.35. The van der Waals surface area contributed by atoms with Gasteiger partial charge in [-0.05, 0) is 67.5 Å². The van der Waals surface area contributed by atoms with Crippen LogP contribution in [0.3, 0.4) is 0 Å². The molecule has 0 unspecified atom stereocenters. The fraction of sp³-hybridized carbons (Fsp3) is 0.323. The van der Waals surface area contributed by atoms with Crippen molar-refractivity contribution in [3.63, 3.8) is 0 Å². The van der Waals surface area contributed by atoms with E-state index in [4.69, 9.17) is 4.74 Å². The molecule has 0 aliphatic heterocycles. The number of nitrogens with one attached hydrogen (secondary N) is 3. The molecule has 0 aliphatic carbocycles. The summed E-state index contributed by atoms with van der Waals surface area (Å²) in [5.74, 6) is 1.78. The van der Waals surface area contributed by atoms with Gasteiger partial charge in [-0.25, -0.2) is 0 Å². The quantitative estimate of drug-likeness (QED) is 0.144. The number of rotatable bonds is 14. The predicted octanol–water partition coefficient (Wildman–Crippen LogP) is 6.75. The summed E-state index contributed by atoms with van der Waals surface area (Å²) in [4.78, 5) is 3.53. The molecule has 3 aromatic carbocycles. The van der Waals surface area contributed by atoms with Gasteiger partial charge in [0.05, 0.1) is 12.1 Å². The van der Waals surface area contributed by atoms with Crippen LogP contribution < -0.4 is 10.1 Å². The predicted molar refractivity (Wildman–Crippen MR) is 154 cm³/mol. The van der Waals surface area contributed by atoms with E-state index in [0.717, 1.165) is 75.4 Å². The monoisotopic (exact) mass is 508 g/mol. The first-order chi connectivity index (χ1) is 18.8. The van der Waals surface area contributed by atoms with E-state index in [-0.39, 0.29) is 0 Å². The van der Waals surface area contributed by atoms with Crippen LogP contribution in [0.1, 0.15) is 49.6 Å². The van der Waals surface area contributed by atoms with Crippen LogP contribution in [0.25, 0.3) is 22.0 Å². The molecule has 0 saturated heterocycles. The Bertz CT molecular complexity index is 1390. The maximum Gasteiger partial charge on any atom is 0.174 e. The number of anilines is 1. The third kappa shape index (κ3) is 6.40. The molecule has 0 aliphatic rings. The SMILES string of the molecule is CCCc1c(OCCCCNc2ccc(CCCc3nn[nH]n3)cc2)ccc2c(-c3ccccc3)c[nH]c12. The first-order valence-corrected chi connectivity index (χ1v) is 13.7. The van der Waals surface area contributed by atoms with Crippen LogP contribution in [0.2, 0.25) is 0 Å². The molecule has 2 aromatic heterocycles. The lowest BCUT2D eigenvalue weighted by Crippen LogP contribution is -2.06. The largest absolute Gasteiger partial charge is 0.493 e. The fourth-order valence-electron chi connectivity index (χ4n) is 4.90. The third-order valence-electron chi connectivity index (χ3n) is 6.87. The van der Waals surface area contributed by atoms with E-state index in [1.807, 2.05) is 0 Å². The van der Waals surface area contributed by atoms with Crippen molar-refractivity contribution >= 4 is 16.6 Å². The van der Waals surface area contributed by atoms with Gasteiger partial charge in [0, 0.05) is 41.4 Å². The fourth-order valence-corrected chi connectivity index (χ4v) is 4.90. The molecule has 5 rings (SSSR count). The van der Waals surface area contributed by atoms with Crippen LogP contribution in [0.5, 0.6) is 5.75 Å². The van der Waals surface area contributed by atoms with Gasteiger partial charge in [0.1, 0.15) is 5.75 Å². The molecule has 7 heteroatoms. The number of fused-ring (bicyclic) bond motifs is 1. The average molecular weight is 509 g/mol. The number of H-pyrrole nitrogens is 2. The van der Waals surface area contributed by atoms with Crippen molar-refractivity contribution in [1.29, 1.82) is 0 Å². The summed E-state index contributed by atoms with van der Waals surface area (Å²) < 4.78 is 6.28. The Labute approximate surface area is 224 Å². The molecule has 0 atom stereocenters. The Kier molecular flexibility index (Phi) is 8.66. The van der Waals surface area contributed by atoms with Gasteiger partial charge >= 0.3 is 0 Å². The molecule has 5 aromatic rings.